The molecule has 1 fully saturated rings. The van der Waals surface area contributed by atoms with E-state index in [1.54, 1.807) is 11.8 Å². The molecular weight excluding hydrogens is 404 g/mol. The summed E-state index contributed by atoms with van der Waals surface area (Å²) in [4.78, 5) is 17.3. The summed E-state index contributed by atoms with van der Waals surface area (Å²) in [5.74, 6) is 1.74. The Hall–Kier alpha value is -2.95. The highest BCUT2D eigenvalue weighted by Gasteiger charge is 2.16. The molecule has 4 rings (SSSR count). The average Bonchev–Trinajstić information content (AvgIpc) is 2.80. The van der Waals surface area contributed by atoms with Crippen LogP contribution in [-0.4, -0.2) is 34.6 Å². The van der Waals surface area contributed by atoms with Crippen LogP contribution in [0.1, 0.15) is 36.2 Å². The normalized spacial score (nSPS) is 13.8. The minimum atomic E-state index is 0.603. The van der Waals surface area contributed by atoms with Crippen molar-refractivity contribution in [3.63, 3.8) is 0 Å². The molecule has 0 saturated carbocycles. The van der Waals surface area contributed by atoms with Crippen molar-refractivity contribution in [2.75, 3.05) is 24.5 Å². The Labute approximate surface area is 187 Å². The van der Waals surface area contributed by atoms with Crippen LogP contribution in [0.25, 0.3) is 11.3 Å². The lowest BCUT2D eigenvalue weighted by Gasteiger charge is -2.28. The number of piperidine rings is 1. The molecule has 1 aromatic carbocycles. The number of rotatable bonds is 6. The van der Waals surface area contributed by atoms with Gasteiger partial charge in [0.05, 0.1) is 17.3 Å². The summed E-state index contributed by atoms with van der Waals surface area (Å²) in [5, 5.41) is 10.3. The van der Waals surface area contributed by atoms with Gasteiger partial charge in [0.1, 0.15) is 16.7 Å². The molecule has 0 spiro atoms. The average molecular weight is 431 g/mol. The molecule has 1 aliphatic rings. The lowest BCUT2D eigenvalue weighted by molar-refractivity contribution is 0.571. The number of nitriles is 1. The highest BCUT2D eigenvalue weighted by atomic mass is 32.2. The van der Waals surface area contributed by atoms with Crippen molar-refractivity contribution in [2.24, 2.45) is 5.73 Å². The summed E-state index contributed by atoms with van der Waals surface area (Å²) >= 11 is 1.56. The van der Waals surface area contributed by atoms with Crippen LogP contribution in [0.2, 0.25) is 0 Å². The number of anilines is 1. The third kappa shape index (κ3) is 5.22. The van der Waals surface area contributed by atoms with E-state index in [0.29, 0.717) is 12.1 Å². The van der Waals surface area contributed by atoms with Gasteiger partial charge in [0, 0.05) is 35.8 Å². The van der Waals surface area contributed by atoms with Crippen LogP contribution >= 0.6 is 11.8 Å². The Morgan fingerprint density at radius 1 is 1.10 bits per heavy atom. The van der Waals surface area contributed by atoms with E-state index >= 15 is 0 Å². The van der Waals surface area contributed by atoms with Gasteiger partial charge in [-0.3, -0.25) is 4.98 Å². The number of aryl methyl sites for hydroxylation is 1. The highest BCUT2D eigenvalue weighted by Crippen LogP contribution is 2.36. The third-order valence-electron chi connectivity index (χ3n) is 5.34. The van der Waals surface area contributed by atoms with Gasteiger partial charge < -0.3 is 10.6 Å². The van der Waals surface area contributed by atoms with Gasteiger partial charge in [-0.25, -0.2) is 9.97 Å². The predicted molar refractivity (Wildman–Crippen MR) is 124 cm³/mol. The number of aromatic nitrogens is 3. The summed E-state index contributed by atoms with van der Waals surface area (Å²) in [6.45, 7) is 4.61. The molecular formula is C24H26N6S. The first kappa shape index (κ1) is 21.3. The highest BCUT2D eigenvalue weighted by molar-refractivity contribution is 7.99. The van der Waals surface area contributed by atoms with E-state index < -0.39 is 0 Å². The van der Waals surface area contributed by atoms with Gasteiger partial charge in [-0.1, -0.05) is 23.9 Å². The van der Waals surface area contributed by atoms with Gasteiger partial charge in [0.25, 0.3) is 0 Å². The second-order valence-corrected chi connectivity index (χ2v) is 8.74. The van der Waals surface area contributed by atoms with Crippen LogP contribution < -0.4 is 10.6 Å². The smallest absolute Gasteiger partial charge is 0.133 e. The Morgan fingerprint density at radius 3 is 2.65 bits per heavy atom. The predicted octanol–water partition coefficient (Wildman–Crippen LogP) is 4.36. The van der Waals surface area contributed by atoms with E-state index in [4.69, 9.17) is 5.73 Å². The minimum absolute atomic E-state index is 0.603. The summed E-state index contributed by atoms with van der Waals surface area (Å²) in [5.41, 5.74) is 9.24. The fourth-order valence-electron chi connectivity index (χ4n) is 3.76. The Balaban J connectivity index is 1.67. The maximum Gasteiger partial charge on any atom is 0.133 e. The fraction of sp³-hybridized carbons (Fsp3) is 0.333. The molecule has 158 valence electrons. The topological polar surface area (TPSA) is 91.7 Å². The zero-order valence-corrected chi connectivity index (χ0v) is 18.5. The van der Waals surface area contributed by atoms with E-state index in [1.165, 1.54) is 19.3 Å². The third-order valence-corrected chi connectivity index (χ3v) is 6.32. The lowest BCUT2D eigenvalue weighted by atomic mass is 10.1. The summed E-state index contributed by atoms with van der Waals surface area (Å²) in [6.07, 6.45) is 6.36. The molecule has 2 N–H and O–H groups in total. The Kier molecular flexibility index (Phi) is 6.80. The van der Waals surface area contributed by atoms with Crippen molar-refractivity contribution < 1.29 is 0 Å². The quantitative estimate of drug-likeness (QED) is 0.581. The fourth-order valence-corrected chi connectivity index (χ4v) is 4.80. The van der Waals surface area contributed by atoms with Gasteiger partial charge in [0.2, 0.25) is 0 Å². The van der Waals surface area contributed by atoms with Gasteiger partial charge in [-0.15, -0.1) is 0 Å². The maximum absolute atomic E-state index is 9.42. The molecule has 0 amide bonds. The lowest BCUT2D eigenvalue weighted by Crippen LogP contribution is -2.30. The van der Waals surface area contributed by atoms with Crippen LogP contribution in [0, 0.1) is 18.3 Å². The monoisotopic (exact) mass is 430 g/mol. The van der Waals surface area contributed by atoms with E-state index in [2.05, 4.69) is 38.1 Å². The standard InChI is InChI=1S/C24H26N6S/c1-17-28-23(30-11-3-2-4-12-30)14-24(29-17)31-22-13-19(15-26)5-7-20(22)21-8-6-18(9-10-25)16-27-21/h5-8,13-14,16H,2-4,9-12,25H2,1H3. The van der Waals surface area contributed by atoms with Crippen molar-refractivity contribution in [1.82, 2.24) is 15.0 Å². The molecule has 3 heterocycles. The van der Waals surface area contributed by atoms with E-state index in [1.807, 2.05) is 37.4 Å². The molecule has 0 unspecified atom stereocenters. The van der Waals surface area contributed by atoms with Crippen LogP contribution in [0.15, 0.2) is 52.5 Å². The molecule has 2 aromatic heterocycles. The van der Waals surface area contributed by atoms with Gasteiger partial charge in [-0.2, -0.15) is 5.26 Å². The van der Waals surface area contributed by atoms with Crippen molar-refractivity contribution in [3.8, 4) is 17.3 Å². The van der Waals surface area contributed by atoms with Crippen LogP contribution in [0.4, 0.5) is 5.82 Å². The Bertz CT molecular complexity index is 1080. The molecule has 0 bridgehead atoms. The molecule has 6 nitrogen and oxygen atoms in total. The van der Waals surface area contributed by atoms with Crippen molar-refractivity contribution in [1.29, 1.82) is 5.26 Å². The molecule has 0 radical (unpaired) electrons. The SMILES string of the molecule is Cc1nc(Sc2cc(C#N)ccc2-c2ccc(CCN)cn2)cc(N2CCCCC2)n1. The summed E-state index contributed by atoms with van der Waals surface area (Å²) in [7, 11) is 0. The number of nitrogens with two attached hydrogens (primary N) is 1. The van der Waals surface area contributed by atoms with E-state index in [-0.39, 0.29) is 0 Å². The first-order chi connectivity index (χ1) is 15.2. The second-order valence-electron chi connectivity index (χ2n) is 7.67. The van der Waals surface area contributed by atoms with E-state index in [9.17, 15) is 5.26 Å². The minimum Gasteiger partial charge on any atom is -0.356 e. The zero-order valence-electron chi connectivity index (χ0n) is 17.7. The van der Waals surface area contributed by atoms with Gasteiger partial charge >= 0.3 is 0 Å². The molecule has 31 heavy (non-hydrogen) atoms. The van der Waals surface area contributed by atoms with Gasteiger partial charge in [-0.05, 0) is 62.9 Å². The zero-order chi connectivity index (χ0) is 21.6. The van der Waals surface area contributed by atoms with Gasteiger partial charge in [0.15, 0.2) is 0 Å². The van der Waals surface area contributed by atoms with Crippen molar-refractivity contribution in [3.05, 3.63) is 59.5 Å². The number of nitrogens with zero attached hydrogens (tertiary/aromatic N) is 5. The number of hydrogen-bond acceptors (Lipinski definition) is 7. The van der Waals surface area contributed by atoms with Crippen LogP contribution in [-0.2, 0) is 6.42 Å². The van der Waals surface area contributed by atoms with Crippen LogP contribution in [0.3, 0.4) is 0 Å². The van der Waals surface area contributed by atoms with Crippen molar-refractivity contribution in [2.45, 2.75) is 42.5 Å². The molecule has 1 saturated heterocycles. The number of hydrogen-bond donors (Lipinski definition) is 1. The maximum atomic E-state index is 9.42. The Morgan fingerprint density at radius 2 is 1.94 bits per heavy atom. The number of pyridine rings is 1. The molecule has 1 aliphatic heterocycles. The first-order valence-corrected chi connectivity index (χ1v) is 11.5. The summed E-state index contributed by atoms with van der Waals surface area (Å²) in [6, 6.07) is 14.1. The molecule has 0 aliphatic carbocycles. The molecule has 7 heteroatoms. The second kappa shape index (κ2) is 9.90. The largest absolute Gasteiger partial charge is 0.356 e. The van der Waals surface area contributed by atoms with Crippen molar-refractivity contribution >= 4 is 17.6 Å². The molecule has 0 atom stereocenters. The van der Waals surface area contributed by atoms with E-state index in [0.717, 1.165) is 57.9 Å². The molecule has 3 aromatic rings. The van der Waals surface area contributed by atoms with Crippen LogP contribution in [0.5, 0.6) is 0 Å². The summed E-state index contributed by atoms with van der Waals surface area (Å²) < 4.78 is 0. The first-order valence-electron chi connectivity index (χ1n) is 10.6. The number of benzene rings is 1.